The molecule has 2 atom stereocenters. The Bertz CT molecular complexity index is 989. The van der Waals surface area contributed by atoms with Gasteiger partial charge in [0.2, 0.25) is 0 Å². The Labute approximate surface area is 327 Å². The minimum Gasteiger partial charge on any atom is -0.756 e. The molecule has 0 aromatic heterocycles. The van der Waals surface area contributed by atoms with Crippen LogP contribution in [0.25, 0.3) is 0 Å². The third-order valence-electron chi connectivity index (χ3n) is 8.86. The summed E-state index contributed by atoms with van der Waals surface area (Å²) < 4.78 is 34.5. The zero-order valence-electron chi connectivity index (χ0n) is 35.0. The first-order valence-corrected chi connectivity index (χ1v) is 22.8. The highest BCUT2D eigenvalue weighted by Crippen LogP contribution is 2.38. The van der Waals surface area contributed by atoms with Gasteiger partial charge in [-0.3, -0.25) is 9.36 Å². The minimum absolute atomic E-state index is 0.0203. The van der Waals surface area contributed by atoms with Gasteiger partial charge >= 0.3 is 5.97 Å². The molecule has 0 amide bonds. The van der Waals surface area contributed by atoms with Gasteiger partial charge in [-0.25, -0.2) is 0 Å². The lowest BCUT2D eigenvalue weighted by molar-refractivity contribution is -0.870. The summed E-state index contributed by atoms with van der Waals surface area (Å²) in [5.74, 6) is -0.349. The van der Waals surface area contributed by atoms with Crippen molar-refractivity contribution in [3.8, 4) is 0 Å². The molecule has 0 aromatic carbocycles. The Morgan fingerprint density at radius 2 is 1.09 bits per heavy atom. The van der Waals surface area contributed by atoms with Crippen LogP contribution in [-0.4, -0.2) is 70.7 Å². The Morgan fingerprint density at radius 1 is 0.604 bits per heavy atom. The molecule has 0 N–H and O–H groups in total. The molecule has 0 saturated carbocycles. The van der Waals surface area contributed by atoms with Crippen LogP contribution < -0.4 is 4.89 Å². The van der Waals surface area contributed by atoms with Gasteiger partial charge in [0.25, 0.3) is 7.82 Å². The molecule has 0 aliphatic heterocycles. The van der Waals surface area contributed by atoms with E-state index in [4.69, 9.17) is 18.5 Å². The minimum atomic E-state index is -4.53. The highest BCUT2D eigenvalue weighted by atomic mass is 31.2. The van der Waals surface area contributed by atoms with Gasteiger partial charge in [0, 0.05) is 13.0 Å². The van der Waals surface area contributed by atoms with E-state index in [0.717, 1.165) is 77.0 Å². The summed E-state index contributed by atoms with van der Waals surface area (Å²) >= 11 is 0. The van der Waals surface area contributed by atoms with Crippen molar-refractivity contribution in [2.75, 3.05) is 54.1 Å². The fraction of sp³-hybridized carbons (Fsp3) is 0.795. The summed E-state index contributed by atoms with van der Waals surface area (Å²) in [6.45, 7) is 5.25. The molecule has 0 radical (unpaired) electrons. The maximum absolute atomic E-state index is 12.7. The van der Waals surface area contributed by atoms with Crippen LogP contribution in [-0.2, 0) is 27.9 Å². The number of ether oxygens (including phenoxy) is 2. The number of hydrogen-bond donors (Lipinski definition) is 0. The van der Waals surface area contributed by atoms with Gasteiger partial charge in [0.05, 0.1) is 34.4 Å². The van der Waals surface area contributed by atoms with Gasteiger partial charge in [-0.15, -0.1) is 0 Å². The van der Waals surface area contributed by atoms with Crippen molar-refractivity contribution in [1.29, 1.82) is 0 Å². The molecule has 0 rings (SSSR count). The third-order valence-corrected chi connectivity index (χ3v) is 9.83. The third kappa shape index (κ3) is 41.5. The van der Waals surface area contributed by atoms with Crippen LogP contribution in [0.2, 0.25) is 0 Å². The standard InChI is InChI=1S/C44H82NO7P/c1-6-8-10-12-14-16-18-20-22-24-26-28-30-32-34-36-39-49-41-43(42-51-53(47,48)50-40-38-45(3,4)5)52-44(46)37-35-33-31-29-27-25-23-21-19-17-15-13-11-9-7-2/h8,10,14,16,20-23,43H,6-7,9,11-13,15,17-19,24-42H2,1-5H3/b10-8-,16-14-,22-20-,23-21-. The predicted molar refractivity (Wildman–Crippen MR) is 222 cm³/mol. The number of esters is 1. The van der Waals surface area contributed by atoms with Crippen LogP contribution >= 0.6 is 7.82 Å². The largest absolute Gasteiger partial charge is 0.756 e. The Balaban J connectivity index is 4.29. The second kappa shape index (κ2) is 37.4. The number of rotatable bonds is 39. The van der Waals surface area contributed by atoms with Crippen LogP contribution in [0.3, 0.4) is 0 Å². The van der Waals surface area contributed by atoms with Crippen LogP contribution in [0.5, 0.6) is 0 Å². The SMILES string of the molecule is CC/C=C\C/C=C\C/C=C\CCCCCCCCOCC(COP(=O)([O-])OCC[N+](C)(C)C)OC(=O)CCCCCCC/C=C\CCCCCCCC. The number of phosphoric ester groups is 1. The van der Waals surface area contributed by atoms with Crippen LogP contribution in [0.1, 0.15) is 168 Å². The topological polar surface area (TPSA) is 94.1 Å². The fourth-order valence-corrected chi connectivity index (χ4v) is 6.28. The average Bonchev–Trinajstić information content (AvgIpc) is 3.11. The Hall–Kier alpha value is -1.54. The second-order valence-electron chi connectivity index (χ2n) is 15.3. The molecular formula is C44H82NO7P. The normalized spacial score (nSPS) is 14.3. The zero-order valence-corrected chi connectivity index (χ0v) is 35.8. The number of quaternary nitrogens is 1. The van der Waals surface area contributed by atoms with E-state index in [2.05, 4.69) is 62.5 Å². The summed E-state index contributed by atoms with van der Waals surface area (Å²) in [5, 5.41) is 0. The molecular weight excluding hydrogens is 685 g/mol. The number of likely N-dealkylation sites (N-methyl/N-ethyl adjacent to an activating group) is 1. The molecule has 0 bridgehead atoms. The quantitative estimate of drug-likeness (QED) is 0.0202. The van der Waals surface area contributed by atoms with E-state index in [1.54, 1.807) is 0 Å². The van der Waals surface area contributed by atoms with Crippen molar-refractivity contribution in [3.63, 3.8) is 0 Å². The molecule has 0 aromatic rings. The number of hydrogen-bond acceptors (Lipinski definition) is 7. The fourth-order valence-electron chi connectivity index (χ4n) is 5.55. The van der Waals surface area contributed by atoms with Crippen molar-refractivity contribution < 1.29 is 37.3 Å². The highest BCUT2D eigenvalue weighted by Gasteiger charge is 2.20. The molecule has 0 saturated heterocycles. The first-order valence-electron chi connectivity index (χ1n) is 21.4. The Kier molecular flexibility index (Phi) is 36.3. The maximum Gasteiger partial charge on any atom is 0.306 e. The predicted octanol–water partition coefficient (Wildman–Crippen LogP) is 11.7. The lowest BCUT2D eigenvalue weighted by Gasteiger charge is -2.28. The molecule has 2 unspecified atom stereocenters. The molecule has 0 aliphatic carbocycles. The Morgan fingerprint density at radius 3 is 1.66 bits per heavy atom. The van der Waals surface area contributed by atoms with Crippen molar-refractivity contribution in [1.82, 2.24) is 0 Å². The summed E-state index contributed by atoms with van der Waals surface area (Å²) in [5.41, 5.74) is 0. The van der Waals surface area contributed by atoms with Gasteiger partial charge in [-0.1, -0.05) is 140 Å². The van der Waals surface area contributed by atoms with Gasteiger partial charge in [0.1, 0.15) is 19.3 Å². The van der Waals surface area contributed by atoms with Crippen molar-refractivity contribution >= 4 is 13.8 Å². The summed E-state index contributed by atoms with van der Waals surface area (Å²) in [4.78, 5) is 25.0. The summed E-state index contributed by atoms with van der Waals surface area (Å²) in [6.07, 6.45) is 44.0. The molecule has 0 aliphatic rings. The van der Waals surface area contributed by atoms with Gasteiger partial charge in [0.15, 0.2) is 0 Å². The smallest absolute Gasteiger partial charge is 0.306 e. The van der Waals surface area contributed by atoms with Gasteiger partial charge < -0.3 is 27.9 Å². The van der Waals surface area contributed by atoms with E-state index < -0.39 is 13.9 Å². The summed E-state index contributed by atoms with van der Waals surface area (Å²) in [7, 11) is 1.34. The molecule has 9 heteroatoms. The van der Waals surface area contributed by atoms with E-state index in [1.807, 2.05) is 21.1 Å². The number of nitrogens with zero attached hydrogens (tertiary/aromatic N) is 1. The van der Waals surface area contributed by atoms with E-state index in [9.17, 15) is 14.3 Å². The van der Waals surface area contributed by atoms with E-state index in [1.165, 1.54) is 70.6 Å². The monoisotopic (exact) mass is 768 g/mol. The number of unbranched alkanes of at least 4 members (excludes halogenated alkanes) is 17. The molecule has 0 heterocycles. The van der Waals surface area contributed by atoms with Crippen LogP contribution in [0.15, 0.2) is 48.6 Å². The maximum atomic E-state index is 12.7. The van der Waals surface area contributed by atoms with Crippen LogP contribution in [0, 0.1) is 0 Å². The second-order valence-corrected chi connectivity index (χ2v) is 16.7. The van der Waals surface area contributed by atoms with Crippen molar-refractivity contribution in [2.45, 2.75) is 174 Å². The zero-order chi connectivity index (χ0) is 39.1. The first-order chi connectivity index (χ1) is 25.6. The van der Waals surface area contributed by atoms with Crippen LogP contribution in [0.4, 0.5) is 0 Å². The van der Waals surface area contributed by atoms with E-state index in [0.29, 0.717) is 24.1 Å². The average molecular weight is 768 g/mol. The highest BCUT2D eigenvalue weighted by molar-refractivity contribution is 7.45. The lowest BCUT2D eigenvalue weighted by atomic mass is 10.1. The number of carbonyl (C=O) groups excluding carboxylic acids is 1. The number of phosphoric acid groups is 1. The van der Waals surface area contributed by atoms with Crippen molar-refractivity contribution in [3.05, 3.63) is 48.6 Å². The lowest BCUT2D eigenvalue weighted by Crippen LogP contribution is -2.37. The summed E-state index contributed by atoms with van der Waals surface area (Å²) in [6, 6.07) is 0. The molecule has 8 nitrogen and oxygen atoms in total. The van der Waals surface area contributed by atoms with Gasteiger partial charge in [-0.05, 0) is 70.6 Å². The first kappa shape index (κ1) is 51.5. The molecule has 53 heavy (non-hydrogen) atoms. The van der Waals surface area contributed by atoms with E-state index >= 15 is 0 Å². The molecule has 310 valence electrons. The number of allylic oxidation sites excluding steroid dienone is 8. The molecule has 0 spiro atoms. The van der Waals surface area contributed by atoms with Gasteiger partial charge in [-0.2, -0.15) is 0 Å². The number of carbonyl (C=O) groups is 1. The molecule has 0 fully saturated rings. The van der Waals surface area contributed by atoms with E-state index in [-0.39, 0.29) is 25.8 Å². The van der Waals surface area contributed by atoms with Crippen molar-refractivity contribution in [2.24, 2.45) is 0 Å².